The second kappa shape index (κ2) is 8.62. The molecule has 8 heteroatoms. The van der Waals surface area contributed by atoms with Gasteiger partial charge in [0.2, 0.25) is 0 Å². The number of methoxy groups -OCH3 is 3. The van der Waals surface area contributed by atoms with E-state index in [-0.39, 0.29) is 0 Å². The second-order valence-corrected chi connectivity index (χ2v) is 6.76. The van der Waals surface area contributed by atoms with Gasteiger partial charge in [0.15, 0.2) is 5.13 Å². The number of hydrogen-bond donors (Lipinski definition) is 2. The molecule has 2 N–H and O–H groups in total. The summed E-state index contributed by atoms with van der Waals surface area (Å²) in [5, 5.41) is 7.89. The zero-order valence-corrected chi connectivity index (χ0v) is 16.8. The Morgan fingerprint density at radius 1 is 0.964 bits per heavy atom. The molecule has 0 unspecified atom stereocenters. The molecule has 3 rings (SSSR count). The highest BCUT2D eigenvalue weighted by Crippen LogP contribution is 2.29. The molecule has 2 amide bonds. The summed E-state index contributed by atoms with van der Waals surface area (Å²) >= 11 is 1.35. The van der Waals surface area contributed by atoms with Gasteiger partial charge in [0.1, 0.15) is 17.2 Å². The molecule has 0 radical (unpaired) electrons. The van der Waals surface area contributed by atoms with Gasteiger partial charge in [-0.25, -0.2) is 9.78 Å². The summed E-state index contributed by atoms with van der Waals surface area (Å²) < 4.78 is 15.7. The highest BCUT2D eigenvalue weighted by Gasteiger charge is 2.11. The second-order valence-electron chi connectivity index (χ2n) is 5.90. The van der Waals surface area contributed by atoms with Crippen LogP contribution in [0, 0.1) is 6.92 Å². The quantitative estimate of drug-likeness (QED) is 0.623. The van der Waals surface area contributed by atoms with Crippen LogP contribution in [0.25, 0.3) is 11.3 Å². The Kier molecular flexibility index (Phi) is 6.00. The first-order chi connectivity index (χ1) is 13.5. The Morgan fingerprint density at radius 3 is 2.29 bits per heavy atom. The molecule has 0 fully saturated rings. The van der Waals surface area contributed by atoms with Crippen molar-refractivity contribution < 1.29 is 19.0 Å². The number of carbonyl (C=O) groups is 1. The Balaban J connectivity index is 1.70. The van der Waals surface area contributed by atoms with Crippen LogP contribution in [-0.4, -0.2) is 32.3 Å². The van der Waals surface area contributed by atoms with E-state index in [0.717, 1.165) is 22.6 Å². The van der Waals surface area contributed by atoms with E-state index in [1.54, 1.807) is 39.5 Å². The first kappa shape index (κ1) is 19.5. The maximum absolute atomic E-state index is 12.3. The molecule has 0 bridgehead atoms. The molecular weight excluding hydrogens is 378 g/mol. The van der Waals surface area contributed by atoms with Crippen molar-refractivity contribution in [2.24, 2.45) is 0 Å². The minimum atomic E-state index is -0.401. The van der Waals surface area contributed by atoms with Gasteiger partial charge in [-0.3, -0.25) is 5.32 Å². The summed E-state index contributed by atoms with van der Waals surface area (Å²) in [5.41, 5.74) is 3.32. The lowest BCUT2D eigenvalue weighted by Gasteiger charge is -2.10. The first-order valence-electron chi connectivity index (χ1n) is 8.44. The predicted octanol–water partition coefficient (Wildman–Crippen LogP) is 4.79. The number of aromatic nitrogens is 1. The van der Waals surface area contributed by atoms with E-state index in [1.165, 1.54) is 11.3 Å². The van der Waals surface area contributed by atoms with Gasteiger partial charge in [0.25, 0.3) is 0 Å². The molecular formula is C20H21N3O4S. The number of anilines is 2. The zero-order chi connectivity index (χ0) is 20.1. The summed E-state index contributed by atoms with van der Waals surface area (Å²) in [7, 11) is 4.75. The van der Waals surface area contributed by atoms with Crippen LogP contribution in [-0.2, 0) is 0 Å². The van der Waals surface area contributed by atoms with Crippen LogP contribution in [0.2, 0.25) is 0 Å². The largest absolute Gasteiger partial charge is 0.497 e. The molecule has 0 spiro atoms. The lowest BCUT2D eigenvalue weighted by molar-refractivity contribution is 0.262. The van der Waals surface area contributed by atoms with E-state index in [0.29, 0.717) is 22.3 Å². The van der Waals surface area contributed by atoms with Gasteiger partial charge >= 0.3 is 6.03 Å². The number of ether oxygens (including phenoxy) is 3. The lowest BCUT2D eigenvalue weighted by atomic mass is 10.1. The molecule has 0 atom stereocenters. The van der Waals surface area contributed by atoms with E-state index >= 15 is 0 Å². The molecule has 0 aliphatic rings. The van der Waals surface area contributed by atoms with E-state index in [1.807, 2.05) is 30.5 Å². The number of carbonyl (C=O) groups excluding carboxylic acids is 1. The summed E-state index contributed by atoms with van der Waals surface area (Å²) in [6.45, 7) is 1.98. The molecule has 7 nitrogen and oxygen atoms in total. The Hall–Kier alpha value is -3.26. The van der Waals surface area contributed by atoms with E-state index in [9.17, 15) is 4.79 Å². The normalized spacial score (nSPS) is 10.3. The predicted molar refractivity (Wildman–Crippen MR) is 111 cm³/mol. The summed E-state index contributed by atoms with van der Waals surface area (Å²) in [6.07, 6.45) is 0. The minimum absolute atomic E-state index is 0.401. The maximum Gasteiger partial charge on any atom is 0.325 e. The number of benzene rings is 2. The number of amides is 2. The average Bonchev–Trinajstić information content (AvgIpc) is 3.15. The van der Waals surface area contributed by atoms with Gasteiger partial charge in [-0.1, -0.05) is 0 Å². The molecule has 0 saturated heterocycles. The number of hydrogen-bond acceptors (Lipinski definition) is 6. The third kappa shape index (κ3) is 4.52. The lowest BCUT2D eigenvalue weighted by Crippen LogP contribution is -2.19. The van der Waals surface area contributed by atoms with Crippen LogP contribution >= 0.6 is 11.3 Å². The van der Waals surface area contributed by atoms with Crippen molar-refractivity contribution in [2.45, 2.75) is 6.92 Å². The van der Waals surface area contributed by atoms with Crippen LogP contribution in [0.5, 0.6) is 17.2 Å². The Bertz CT molecular complexity index is 965. The number of nitrogens with zero attached hydrogens (tertiary/aromatic N) is 1. The average molecular weight is 399 g/mol. The topological polar surface area (TPSA) is 81.7 Å². The van der Waals surface area contributed by atoms with Crippen molar-refractivity contribution in [3.05, 3.63) is 47.3 Å². The van der Waals surface area contributed by atoms with Crippen LogP contribution < -0.4 is 24.8 Å². The van der Waals surface area contributed by atoms with Crippen LogP contribution in [0.3, 0.4) is 0 Å². The van der Waals surface area contributed by atoms with Crippen LogP contribution in [0.15, 0.2) is 41.8 Å². The maximum atomic E-state index is 12.3. The van der Waals surface area contributed by atoms with Crippen molar-refractivity contribution in [1.29, 1.82) is 0 Å². The monoisotopic (exact) mass is 399 g/mol. The van der Waals surface area contributed by atoms with Gasteiger partial charge in [-0.15, -0.1) is 11.3 Å². The fourth-order valence-corrected chi connectivity index (χ4v) is 3.36. The number of nitrogens with one attached hydrogen (secondary N) is 2. The molecule has 3 aromatic rings. The van der Waals surface area contributed by atoms with Gasteiger partial charge in [-0.05, 0) is 30.7 Å². The Labute approximate surface area is 167 Å². The number of aryl methyl sites for hydroxylation is 1. The molecule has 28 heavy (non-hydrogen) atoms. The first-order valence-corrected chi connectivity index (χ1v) is 9.32. The fraction of sp³-hybridized carbons (Fsp3) is 0.200. The number of rotatable bonds is 6. The number of thiazole rings is 1. The van der Waals surface area contributed by atoms with Gasteiger partial charge < -0.3 is 19.5 Å². The SMILES string of the molecule is COc1cc(NC(=O)Nc2nc(-c3ccc(OC)c(C)c3)cs2)cc(OC)c1. The van der Waals surface area contributed by atoms with Crippen molar-refractivity contribution in [3.63, 3.8) is 0 Å². The van der Waals surface area contributed by atoms with E-state index < -0.39 is 6.03 Å². The van der Waals surface area contributed by atoms with Crippen molar-refractivity contribution in [2.75, 3.05) is 32.0 Å². The van der Waals surface area contributed by atoms with Crippen molar-refractivity contribution >= 4 is 28.2 Å². The Morgan fingerprint density at radius 2 is 1.68 bits per heavy atom. The summed E-state index contributed by atoms with van der Waals surface area (Å²) in [6, 6.07) is 10.6. The van der Waals surface area contributed by atoms with Gasteiger partial charge in [0, 0.05) is 34.8 Å². The highest BCUT2D eigenvalue weighted by atomic mass is 32.1. The van der Waals surface area contributed by atoms with Gasteiger partial charge in [0.05, 0.1) is 27.0 Å². The molecule has 1 heterocycles. The summed E-state index contributed by atoms with van der Waals surface area (Å²) in [4.78, 5) is 16.8. The third-order valence-corrected chi connectivity index (χ3v) is 4.78. The minimum Gasteiger partial charge on any atom is -0.497 e. The molecule has 2 aromatic carbocycles. The fourth-order valence-electron chi connectivity index (χ4n) is 2.64. The highest BCUT2D eigenvalue weighted by molar-refractivity contribution is 7.14. The smallest absolute Gasteiger partial charge is 0.325 e. The van der Waals surface area contributed by atoms with E-state index in [2.05, 4.69) is 15.6 Å². The number of urea groups is 1. The standard InChI is InChI=1S/C20H21N3O4S/c1-12-7-13(5-6-18(12)27-4)17-11-28-20(22-17)23-19(24)21-14-8-15(25-2)10-16(9-14)26-3/h5-11H,1-4H3,(H2,21,22,23,24). The molecule has 146 valence electrons. The summed E-state index contributed by atoms with van der Waals surface area (Å²) in [5.74, 6) is 1.99. The van der Waals surface area contributed by atoms with Crippen LogP contribution in [0.4, 0.5) is 15.6 Å². The van der Waals surface area contributed by atoms with Crippen molar-refractivity contribution in [1.82, 2.24) is 4.98 Å². The third-order valence-electron chi connectivity index (χ3n) is 4.02. The molecule has 1 aromatic heterocycles. The molecule has 0 aliphatic heterocycles. The van der Waals surface area contributed by atoms with Gasteiger partial charge in [-0.2, -0.15) is 0 Å². The van der Waals surface area contributed by atoms with Crippen molar-refractivity contribution in [3.8, 4) is 28.5 Å². The molecule has 0 saturated carbocycles. The van der Waals surface area contributed by atoms with E-state index in [4.69, 9.17) is 14.2 Å². The molecule has 0 aliphatic carbocycles. The van der Waals surface area contributed by atoms with Crippen LogP contribution in [0.1, 0.15) is 5.56 Å². The zero-order valence-electron chi connectivity index (χ0n) is 16.0.